The fourth-order valence-electron chi connectivity index (χ4n) is 2.34. The van der Waals surface area contributed by atoms with Crippen LogP contribution in [0.1, 0.15) is 122 Å². The molecular weight excluding hydrogens is 696 g/mol. The first kappa shape index (κ1) is 68.6. The minimum atomic E-state index is -0.885. The molecule has 0 atom stereocenters. The van der Waals surface area contributed by atoms with Gasteiger partial charge < -0.3 is 61.3 Å². The average Bonchev–Trinajstić information content (AvgIpc) is 2.63. The van der Waals surface area contributed by atoms with Crippen molar-refractivity contribution < 1.29 is 126 Å². The molecule has 2 saturated carbocycles. The first-order valence-corrected chi connectivity index (χ1v) is 14.7. The molecule has 0 saturated heterocycles. The Morgan fingerprint density at radius 2 is 0.311 bits per heavy atom. The van der Waals surface area contributed by atoms with Gasteiger partial charge in [-0.25, -0.2) is 0 Å². The van der Waals surface area contributed by atoms with Crippen LogP contribution in [-0.4, -0.2) is 73.2 Å². The summed E-state index contributed by atoms with van der Waals surface area (Å²) in [5, 5.41) is 121. The molecule has 0 amide bonds. The monoisotopic (exact) mass is 756 g/mol. The number of rotatable bonds is 0. The van der Waals surface area contributed by atoms with Crippen molar-refractivity contribution in [1.82, 2.24) is 0 Å². The molecule has 0 heterocycles. The van der Waals surface area contributed by atoms with E-state index >= 15 is 0 Å². The minimum absolute atomic E-state index is 0. The van der Waals surface area contributed by atoms with E-state index in [1.54, 1.807) is 83.1 Å². The van der Waals surface area contributed by atoms with Gasteiger partial charge in [-0.1, -0.05) is 122 Å². The van der Waals surface area contributed by atoms with E-state index in [1.807, 2.05) is 0 Å². The van der Waals surface area contributed by atoms with E-state index in [0.717, 1.165) is 0 Å². The van der Waals surface area contributed by atoms with Crippen LogP contribution >= 0.6 is 0 Å². The standard InChI is InChI=1S/2C6H9O3.6C3H7O.3Ti/c2*7-4-1-5(8)3-6(9)2-4;6*1-3(2)4;;;/h2*4-6H,1-3H2;6*3H,1-2H3;;;/q2*-3;6*-1;3*+4. The Labute approximate surface area is 319 Å². The summed E-state index contributed by atoms with van der Waals surface area (Å²) in [6, 6.07) is 0. The predicted octanol–water partition coefficient (Wildman–Crippen LogP) is -6.76. The molecule has 2 fully saturated rings. The normalized spacial score (nSPS) is 22.8. The molecule has 264 valence electrons. The van der Waals surface area contributed by atoms with Gasteiger partial charge in [0.05, 0.1) is 0 Å². The van der Waals surface area contributed by atoms with E-state index in [-0.39, 0.29) is 104 Å². The molecule has 2 rings (SSSR count). The number of hydrogen-bond donors (Lipinski definition) is 0. The third-order valence-corrected chi connectivity index (χ3v) is 3.15. The molecule has 0 bridgehead atoms. The second-order valence-electron chi connectivity index (χ2n) is 11.4. The van der Waals surface area contributed by atoms with E-state index in [9.17, 15) is 61.3 Å². The van der Waals surface area contributed by atoms with Gasteiger partial charge in [0.2, 0.25) is 0 Å². The van der Waals surface area contributed by atoms with Crippen LogP contribution in [0.25, 0.3) is 0 Å². The molecule has 45 heavy (non-hydrogen) atoms. The number of hydrogen-bond acceptors (Lipinski definition) is 12. The Kier molecular flexibility index (Phi) is 72.8. The molecular formula is C30H60O12Ti3. The molecule has 0 radical (unpaired) electrons. The summed E-state index contributed by atoms with van der Waals surface area (Å²) in [4.78, 5) is 0. The van der Waals surface area contributed by atoms with Crippen LogP contribution in [-0.2, 0) is 65.2 Å². The second kappa shape index (κ2) is 47.8. The van der Waals surface area contributed by atoms with Crippen molar-refractivity contribution in [3.8, 4) is 0 Å². The second-order valence-corrected chi connectivity index (χ2v) is 11.4. The van der Waals surface area contributed by atoms with Crippen LogP contribution in [0, 0.1) is 0 Å². The van der Waals surface area contributed by atoms with E-state index in [0.29, 0.717) is 0 Å². The molecule has 12 nitrogen and oxygen atoms in total. The third-order valence-electron chi connectivity index (χ3n) is 3.15. The van der Waals surface area contributed by atoms with Gasteiger partial charge in [-0.3, -0.25) is 0 Å². The zero-order valence-corrected chi connectivity index (χ0v) is 34.3. The molecule has 0 aromatic carbocycles. The maximum Gasteiger partial charge on any atom is 4.00 e. The summed E-state index contributed by atoms with van der Waals surface area (Å²) < 4.78 is 0. The largest absolute Gasteiger partial charge is 4.00 e. The van der Waals surface area contributed by atoms with Crippen molar-refractivity contribution >= 4 is 0 Å². The Morgan fingerprint density at radius 1 is 0.267 bits per heavy atom. The first-order valence-electron chi connectivity index (χ1n) is 14.7. The van der Waals surface area contributed by atoms with E-state index in [2.05, 4.69) is 0 Å². The molecule has 0 aromatic heterocycles. The predicted molar refractivity (Wildman–Crippen MR) is 141 cm³/mol. The Balaban J connectivity index is -0.0000000483. The average molecular weight is 756 g/mol. The van der Waals surface area contributed by atoms with Gasteiger partial charge in [-0.05, 0) is 0 Å². The van der Waals surface area contributed by atoms with Gasteiger partial charge in [-0.15, -0.1) is 73.2 Å². The first-order chi connectivity index (χ1) is 18.8. The topological polar surface area (TPSA) is 277 Å². The van der Waals surface area contributed by atoms with Gasteiger partial charge in [0.1, 0.15) is 0 Å². The third kappa shape index (κ3) is 132. The van der Waals surface area contributed by atoms with Crippen molar-refractivity contribution in [2.24, 2.45) is 0 Å². The summed E-state index contributed by atoms with van der Waals surface area (Å²) in [5.41, 5.74) is 0. The molecule has 0 N–H and O–H groups in total. The zero-order valence-electron chi connectivity index (χ0n) is 29.6. The molecule has 0 spiro atoms. The summed E-state index contributed by atoms with van der Waals surface area (Å²) in [7, 11) is 0. The van der Waals surface area contributed by atoms with Gasteiger partial charge >= 0.3 is 65.2 Å². The maximum absolute atomic E-state index is 10.6. The van der Waals surface area contributed by atoms with Crippen molar-refractivity contribution in [2.45, 2.75) is 195 Å². The van der Waals surface area contributed by atoms with Crippen LogP contribution in [0.4, 0.5) is 0 Å². The van der Waals surface area contributed by atoms with E-state index in [1.165, 1.54) is 0 Å². The van der Waals surface area contributed by atoms with Gasteiger partial charge in [0.25, 0.3) is 0 Å². The Morgan fingerprint density at radius 3 is 0.356 bits per heavy atom. The van der Waals surface area contributed by atoms with Crippen LogP contribution in [0.5, 0.6) is 0 Å². The van der Waals surface area contributed by atoms with Gasteiger partial charge in [0, 0.05) is 0 Å². The van der Waals surface area contributed by atoms with E-state index < -0.39 is 73.2 Å². The van der Waals surface area contributed by atoms with Crippen LogP contribution in [0.15, 0.2) is 0 Å². The van der Waals surface area contributed by atoms with Gasteiger partial charge in [-0.2, -0.15) is 0 Å². The van der Waals surface area contributed by atoms with Crippen LogP contribution < -0.4 is 61.3 Å². The fourth-order valence-corrected chi connectivity index (χ4v) is 2.34. The molecule has 2 aliphatic carbocycles. The van der Waals surface area contributed by atoms with Crippen molar-refractivity contribution in [2.75, 3.05) is 0 Å². The van der Waals surface area contributed by atoms with Crippen LogP contribution in [0.2, 0.25) is 0 Å². The molecule has 0 unspecified atom stereocenters. The summed E-state index contributed by atoms with van der Waals surface area (Å²) in [5.74, 6) is 0. The fraction of sp³-hybridized carbons (Fsp3) is 1.00. The molecule has 0 aliphatic heterocycles. The maximum atomic E-state index is 10.6. The summed E-state index contributed by atoms with van der Waals surface area (Å²) >= 11 is 0. The van der Waals surface area contributed by atoms with Gasteiger partial charge in [0.15, 0.2) is 0 Å². The minimum Gasteiger partial charge on any atom is -0.852 e. The van der Waals surface area contributed by atoms with E-state index in [4.69, 9.17) is 0 Å². The Bertz CT molecular complexity index is 356. The quantitative estimate of drug-likeness (QED) is 0.209. The summed E-state index contributed by atoms with van der Waals surface area (Å²) in [6.07, 6.45) is -6.90. The summed E-state index contributed by atoms with van der Waals surface area (Å²) in [6.45, 7) is 19.3. The SMILES string of the molecule is CC(C)[O-].CC(C)[O-].CC(C)[O-].CC(C)[O-].CC(C)[O-].CC(C)[O-].[O-]C1CC([O-])CC([O-])C1.[O-]C1CC([O-])CC([O-])C1.[Ti+4].[Ti+4].[Ti+4]. The van der Waals surface area contributed by atoms with Crippen LogP contribution in [0.3, 0.4) is 0 Å². The molecule has 2 aliphatic rings. The Hall–Kier alpha value is 1.66. The van der Waals surface area contributed by atoms with Crippen molar-refractivity contribution in [3.63, 3.8) is 0 Å². The zero-order chi connectivity index (χ0) is 35.2. The smallest absolute Gasteiger partial charge is 0.852 e. The molecule has 15 heteroatoms. The molecule has 0 aromatic rings. The van der Waals surface area contributed by atoms with Crippen molar-refractivity contribution in [3.05, 3.63) is 0 Å². The van der Waals surface area contributed by atoms with Crippen molar-refractivity contribution in [1.29, 1.82) is 0 Å².